The van der Waals surface area contributed by atoms with E-state index in [1.807, 2.05) is 24.3 Å². The Morgan fingerprint density at radius 3 is 2.38 bits per heavy atom. The Kier molecular flexibility index (Phi) is 4.92. The van der Waals surface area contributed by atoms with Crippen molar-refractivity contribution < 1.29 is 23.9 Å². The highest BCUT2D eigenvalue weighted by Crippen LogP contribution is 2.49. The van der Waals surface area contributed by atoms with Gasteiger partial charge in [0.15, 0.2) is 5.54 Å². The number of methoxy groups -OCH3 is 1. The van der Waals surface area contributed by atoms with Gasteiger partial charge in [-0.15, -0.1) is 0 Å². The lowest BCUT2D eigenvalue weighted by atomic mass is 9.73. The maximum Gasteiger partial charge on any atom is 0.342 e. The zero-order chi connectivity index (χ0) is 20.4. The third-order valence-electron chi connectivity index (χ3n) is 5.59. The number of hydrogen-bond acceptors (Lipinski definition) is 5. The Labute approximate surface area is 168 Å². The number of carbonyl (C=O) groups is 3. The fourth-order valence-electron chi connectivity index (χ4n) is 4.21. The highest BCUT2D eigenvalue weighted by molar-refractivity contribution is 6.00. The first-order chi connectivity index (χ1) is 14.1. The average Bonchev–Trinajstić information content (AvgIpc) is 3.06. The molecule has 2 aliphatic rings. The van der Waals surface area contributed by atoms with Crippen molar-refractivity contribution in [2.24, 2.45) is 5.92 Å². The van der Waals surface area contributed by atoms with Crippen molar-refractivity contribution in [2.45, 2.75) is 24.8 Å². The highest BCUT2D eigenvalue weighted by Gasteiger charge is 2.59. The highest BCUT2D eigenvalue weighted by atomic mass is 16.6. The largest absolute Gasteiger partial charge is 0.466 e. The molecule has 148 valence electrons. The van der Waals surface area contributed by atoms with Crippen LogP contribution in [0.4, 0.5) is 0 Å². The van der Waals surface area contributed by atoms with Gasteiger partial charge in [0.05, 0.1) is 18.6 Å². The second-order valence-electron chi connectivity index (χ2n) is 7.16. The van der Waals surface area contributed by atoms with E-state index in [-0.39, 0.29) is 5.91 Å². The van der Waals surface area contributed by atoms with E-state index in [1.54, 1.807) is 36.4 Å². The van der Waals surface area contributed by atoms with E-state index in [4.69, 9.17) is 9.47 Å². The Hall–Kier alpha value is -3.41. The normalized spacial score (nSPS) is 23.2. The van der Waals surface area contributed by atoms with Gasteiger partial charge in [-0.05, 0) is 37.0 Å². The van der Waals surface area contributed by atoms with Gasteiger partial charge in [-0.2, -0.15) is 0 Å². The summed E-state index contributed by atoms with van der Waals surface area (Å²) in [6.45, 7) is 0. The van der Waals surface area contributed by atoms with Gasteiger partial charge < -0.3 is 14.8 Å². The molecule has 6 nitrogen and oxygen atoms in total. The van der Waals surface area contributed by atoms with Crippen LogP contribution in [-0.2, 0) is 24.6 Å². The molecular weight excluding hydrogens is 370 g/mol. The lowest BCUT2D eigenvalue weighted by molar-refractivity contribution is -0.142. The molecule has 0 radical (unpaired) electrons. The summed E-state index contributed by atoms with van der Waals surface area (Å²) in [4.78, 5) is 38.6. The monoisotopic (exact) mass is 391 g/mol. The second-order valence-corrected chi connectivity index (χ2v) is 7.16. The van der Waals surface area contributed by atoms with Crippen LogP contribution in [0.25, 0.3) is 0 Å². The van der Waals surface area contributed by atoms with Crippen molar-refractivity contribution in [3.63, 3.8) is 0 Å². The zero-order valence-corrected chi connectivity index (χ0v) is 16.0. The van der Waals surface area contributed by atoms with E-state index in [0.717, 1.165) is 0 Å². The molecule has 1 saturated heterocycles. The number of fused-ring (bicyclic) bond motifs is 1. The van der Waals surface area contributed by atoms with Gasteiger partial charge in [-0.25, -0.2) is 9.59 Å². The molecule has 0 saturated carbocycles. The Balaban J connectivity index is 1.84. The first kappa shape index (κ1) is 18.9. The summed E-state index contributed by atoms with van der Waals surface area (Å²) in [6, 6.07) is 17.8. The minimum atomic E-state index is -1.40. The van der Waals surface area contributed by atoms with Gasteiger partial charge in [0.25, 0.3) is 5.91 Å². The number of rotatable bonds is 4. The van der Waals surface area contributed by atoms with Crippen LogP contribution in [0.5, 0.6) is 0 Å². The SMILES string of the molecule is COC(=O)C1=C2OC(=O)[C@@](NC(=O)c3ccccc3)(c3ccccc3)[C@@H]2CCC1. The predicted molar refractivity (Wildman–Crippen MR) is 105 cm³/mol. The third kappa shape index (κ3) is 3.10. The van der Waals surface area contributed by atoms with Crippen LogP contribution in [0.3, 0.4) is 0 Å². The van der Waals surface area contributed by atoms with Crippen LogP contribution in [0.15, 0.2) is 72.0 Å². The third-order valence-corrected chi connectivity index (χ3v) is 5.59. The Morgan fingerprint density at radius 2 is 1.72 bits per heavy atom. The van der Waals surface area contributed by atoms with Crippen molar-refractivity contribution in [2.75, 3.05) is 7.11 Å². The van der Waals surface area contributed by atoms with E-state index < -0.39 is 23.4 Å². The number of carbonyl (C=O) groups excluding carboxylic acids is 3. The molecule has 4 rings (SSSR count). The molecule has 0 bridgehead atoms. The van der Waals surface area contributed by atoms with Crippen LogP contribution in [-0.4, -0.2) is 25.0 Å². The smallest absolute Gasteiger partial charge is 0.342 e. The standard InChI is InChI=1S/C23H21NO5/c1-28-21(26)17-13-8-14-18-19(17)29-22(27)23(18,16-11-6-3-7-12-16)24-20(25)15-9-4-2-5-10-15/h2-7,9-12,18H,8,13-14H2,1H3,(H,24,25)/t18-,23-/m1/s1. The summed E-state index contributed by atoms with van der Waals surface area (Å²) >= 11 is 0. The molecule has 2 aromatic rings. The van der Waals surface area contributed by atoms with Gasteiger partial charge in [0, 0.05) is 5.56 Å². The van der Waals surface area contributed by atoms with E-state index in [9.17, 15) is 14.4 Å². The number of hydrogen-bond donors (Lipinski definition) is 1. The average molecular weight is 391 g/mol. The van der Waals surface area contributed by atoms with Crippen LogP contribution in [0.1, 0.15) is 35.2 Å². The molecule has 1 aliphatic heterocycles. The Morgan fingerprint density at radius 1 is 1.07 bits per heavy atom. The van der Waals surface area contributed by atoms with Gasteiger partial charge >= 0.3 is 11.9 Å². The molecule has 1 heterocycles. The molecule has 1 fully saturated rings. The molecule has 6 heteroatoms. The fraction of sp³-hybridized carbons (Fsp3) is 0.261. The molecule has 2 aromatic carbocycles. The van der Waals surface area contributed by atoms with Crippen molar-refractivity contribution in [1.82, 2.24) is 5.32 Å². The number of amides is 1. The van der Waals surface area contributed by atoms with Crippen LogP contribution in [0.2, 0.25) is 0 Å². The molecule has 2 atom stereocenters. The number of esters is 2. The van der Waals surface area contributed by atoms with Crippen LogP contribution >= 0.6 is 0 Å². The topological polar surface area (TPSA) is 81.7 Å². The van der Waals surface area contributed by atoms with Crippen molar-refractivity contribution in [3.05, 3.63) is 83.1 Å². The number of benzene rings is 2. The molecule has 1 N–H and O–H groups in total. The summed E-state index contributed by atoms with van der Waals surface area (Å²) in [5.41, 5.74) is 0.0322. The molecule has 1 amide bonds. The van der Waals surface area contributed by atoms with E-state index in [1.165, 1.54) is 7.11 Å². The van der Waals surface area contributed by atoms with Gasteiger partial charge in [0.2, 0.25) is 0 Å². The minimum absolute atomic E-state index is 0.310. The van der Waals surface area contributed by atoms with E-state index in [0.29, 0.717) is 41.7 Å². The second kappa shape index (κ2) is 7.54. The van der Waals surface area contributed by atoms with Crippen LogP contribution in [0, 0.1) is 5.92 Å². The summed E-state index contributed by atoms with van der Waals surface area (Å²) < 4.78 is 10.5. The van der Waals surface area contributed by atoms with E-state index >= 15 is 0 Å². The first-order valence-corrected chi connectivity index (χ1v) is 9.54. The quantitative estimate of drug-likeness (QED) is 0.810. The van der Waals surface area contributed by atoms with Gasteiger partial charge in [-0.3, -0.25) is 4.79 Å². The van der Waals surface area contributed by atoms with Crippen molar-refractivity contribution >= 4 is 17.8 Å². The Bertz CT molecular complexity index is 983. The molecule has 0 spiro atoms. The first-order valence-electron chi connectivity index (χ1n) is 9.54. The lowest BCUT2D eigenvalue weighted by Gasteiger charge is -2.34. The number of ether oxygens (including phenoxy) is 2. The molecule has 29 heavy (non-hydrogen) atoms. The lowest BCUT2D eigenvalue weighted by Crippen LogP contribution is -2.53. The van der Waals surface area contributed by atoms with Crippen molar-refractivity contribution in [1.29, 1.82) is 0 Å². The van der Waals surface area contributed by atoms with Gasteiger partial charge in [0.1, 0.15) is 5.76 Å². The van der Waals surface area contributed by atoms with Crippen molar-refractivity contribution in [3.8, 4) is 0 Å². The molecule has 0 unspecified atom stereocenters. The summed E-state index contributed by atoms with van der Waals surface area (Å²) in [6.07, 6.45) is 1.76. The zero-order valence-electron chi connectivity index (χ0n) is 16.0. The molecular formula is C23H21NO5. The summed E-state index contributed by atoms with van der Waals surface area (Å²) in [5, 5.41) is 2.95. The fourth-order valence-corrected chi connectivity index (χ4v) is 4.21. The summed E-state index contributed by atoms with van der Waals surface area (Å²) in [5.74, 6) is -1.64. The maximum absolute atomic E-state index is 13.3. The minimum Gasteiger partial charge on any atom is -0.466 e. The predicted octanol–water partition coefficient (Wildman–Crippen LogP) is 3.10. The van der Waals surface area contributed by atoms with Gasteiger partial charge in [-0.1, -0.05) is 48.5 Å². The number of nitrogens with one attached hydrogen (secondary N) is 1. The molecule has 0 aromatic heterocycles. The molecule has 1 aliphatic carbocycles. The summed E-state index contributed by atoms with van der Waals surface area (Å²) in [7, 11) is 1.30. The van der Waals surface area contributed by atoms with E-state index in [2.05, 4.69) is 5.32 Å². The maximum atomic E-state index is 13.3. The van der Waals surface area contributed by atoms with Crippen LogP contribution < -0.4 is 5.32 Å².